The molecule has 0 atom stereocenters. The summed E-state index contributed by atoms with van der Waals surface area (Å²) in [7, 11) is 0. The van der Waals surface area contributed by atoms with Gasteiger partial charge in [-0.3, -0.25) is 0 Å². The van der Waals surface area contributed by atoms with Gasteiger partial charge < -0.3 is 4.42 Å². The van der Waals surface area contributed by atoms with Crippen LogP contribution in [0.1, 0.15) is 31.8 Å². The fraction of sp³-hybridized carbons (Fsp3) is 0.455. The molecule has 0 aliphatic heterocycles. The number of halogens is 1. The lowest BCUT2D eigenvalue weighted by Crippen LogP contribution is -1.80. The van der Waals surface area contributed by atoms with E-state index in [0.717, 1.165) is 24.4 Å². The molecule has 0 amide bonds. The Morgan fingerprint density at radius 3 is 2.69 bits per heavy atom. The summed E-state index contributed by atoms with van der Waals surface area (Å²) in [5.74, 6) is 2.52. The minimum Gasteiger partial charge on any atom is -0.462 e. The van der Waals surface area contributed by atoms with Gasteiger partial charge in [0.2, 0.25) is 0 Å². The number of rotatable bonds is 4. The van der Waals surface area contributed by atoms with E-state index < -0.39 is 0 Å². The van der Waals surface area contributed by atoms with Crippen LogP contribution in [-0.2, 0) is 6.42 Å². The maximum atomic E-state index is 5.75. The summed E-state index contributed by atoms with van der Waals surface area (Å²) in [5.41, 5.74) is 1.21. The molecule has 0 saturated carbocycles. The number of hydrogen-bond donors (Lipinski definition) is 0. The second kappa shape index (κ2) is 5.13. The number of hydrogen-bond acceptors (Lipinski definition) is 1. The van der Waals surface area contributed by atoms with E-state index in [0.29, 0.717) is 5.88 Å². The zero-order valence-corrected chi connectivity index (χ0v) is 8.90. The predicted octanol–water partition coefficient (Wildman–Crippen LogP) is 3.87. The van der Waals surface area contributed by atoms with Crippen molar-refractivity contribution in [3.63, 3.8) is 0 Å². The molecule has 72 valence electrons. The van der Waals surface area contributed by atoms with Crippen LogP contribution in [0.5, 0.6) is 0 Å². The number of allylic oxidation sites excluding steroid dienone is 1. The lowest BCUT2D eigenvalue weighted by Gasteiger charge is -1.95. The molecule has 0 spiro atoms. The smallest absolute Gasteiger partial charge is 0.127 e. The molecule has 1 heterocycles. The second-order valence-electron chi connectivity index (χ2n) is 2.95. The maximum absolute atomic E-state index is 5.75. The monoisotopic (exact) mass is 198 g/mol. The lowest BCUT2D eigenvalue weighted by molar-refractivity contribution is 0.507. The van der Waals surface area contributed by atoms with Crippen LogP contribution < -0.4 is 0 Å². The van der Waals surface area contributed by atoms with Crippen molar-refractivity contribution in [3.8, 4) is 0 Å². The maximum Gasteiger partial charge on any atom is 0.127 e. The van der Waals surface area contributed by atoms with E-state index in [2.05, 4.69) is 13.8 Å². The number of furan rings is 1. The molecule has 1 nitrogen and oxygen atoms in total. The molecule has 0 aromatic carbocycles. The Kier molecular flexibility index (Phi) is 4.10. The van der Waals surface area contributed by atoms with Gasteiger partial charge in [0.1, 0.15) is 11.5 Å². The molecular formula is C11H15ClO. The van der Waals surface area contributed by atoms with E-state index in [4.69, 9.17) is 16.0 Å². The third-order valence-corrected chi connectivity index (χ3v) is 2.35. The Hall–Kier alpha value is -0.690. The molecule has 0 fully saturated rings. The molecule has 1 rings (SSSR count). The average Bonchev–Trinajstić information content (AvgIpc) is 2.61. The van der Waals surface area contributed by atoms with E-state index in [1.165, 1.54) is 5.57 Å². The highest BCUT2D eigenvalue weighted by molar-refractivity contribution is 6.19. The van der Waals surface area contributed by atoms with Crippen molar-refractivity contribution in [2.75, 3.05) is 5.88 Å². The van der Waals surface area contributed by atoms with Crippen LogP contribution in [0.2, 0.25) is 0 Å². The van der Waals surface area contributed by atoms with Gasteiger partial charge in [-0.2, -0.15) is 0 Å². The highest BCUT2D eigenvalue weighted by Crippen LogP contribution is 2.14. The quantitative estimate of drug-likeness (QED) is 0.670. The van der Waals surface area contributed by atoms with Crippen LogP contribution >= 0.6 is 11.6 Å². The Balaban J connectivity index is 2.77. The van der Waals surface area contributed by atoms with Crippen LogP contribution in [0, 0.1) is 0 Å². The first-order valence-corrected chi connectivity index (χ1v) is 5.17. The van der Waals surface area contributed by atoms with Gasteiger partial charge >= 0.3 is 0 Å². The van der Waals surface area contributed by atoms with Crippen molar-refractivity contribution in [2.24, 2.45) is 0 Å². The van der Waals surface area contributed by atoms with Crippen molar-refractivity contribution in [2.45, 2.75) is 26.7 Å². The molecule has 0 bridgehead atoms. The predicted molar refractivity (Wildman–Crippen MR) is 57.1 cm³/mol. The molecule has 13 heavy (non-hydrogen) atoms. The highest BCUT2D eigenvalue weighted by atomic mass is 35.5. The summed E-state index contributed by atoms with van der Waals surface area (Å²) < 4.78 is 5.53. The molecule has 0 unspecified atom stereocenters. The summed E-state index contributed by atoms with van der Waals surface area (Å²) in [4.78, 5) is 0. The van der Waals surface area contributed by atoms with Gasteiger partial charge in [0, 0.05) is 12.3 Å². The molecule has 0 N–H and O–H groups in total. The fourth-order valence-electron chi connectivity index (χ4n) is 1.10. The van der Waals surface area contributed by atoms with E-state index in [9.17, 15) is 0 Å². The zero-order valence-electron chi connectivity index (χ0n) is 8.14. The van der Waals surface area contributed by atoms with Crippen molar-refractivity contribution < 1.29 is 4.42 Å². The van der Waals surface area contributed by atoms with Crippen LogP contribution in [-0.4, -0.2) is 5.88 Å². The van der Waals surface area contributed by atoms with Crippen molar-refractivity contribution in [3.05, 3.63) is 29.2 Å². The summed E-state index contributed by atoms with van der Waals surface area (Å²) >= 11 is 5.75. The Morgan fingerprint density at radius 1 is 1.46 bits per heavy atom. The largest absolute Gasteiger partial charge is 0.462 e. The Labute approximate surface area is 84.4 Å². The third-order valence-electron chi connectivity index (χ3n) is 2.00. The van der Waals surface area contributed by atoms with Crippen molar-refractivity contribution in [1.29, 1.82) is 0 Å². The van der Waals surface area contributed by atoms with Crippen molar-refractivity contribution >= 4 is 17.7 Å². The third kappa shape index (κ3) is 2.92. The Bertz CT molecular complexity index is 280. The minimum absolute atomic E-state index is 0.582. The van der Waals surface area contributed by atoms with E-state index in [1.807, 2.05) is 18.2 Å². The molecule has 0 aliphatic carbocycles. The topological polar surface area (TPSA) is 13.1 Å². The van der Waals surface area contributed by atoms with E-state index in [-0.39, 0.29) is 0 Å². The zero-order chi connectivity index (χ0) is 9.68. The summed E-state index contributed by atoms with van der Waals surface area (Å²) in [6.07, 6.45) is 3.94. The summed E-state index contributed by atoms with van der Waals surface area (Å²) in [6, 6.07) is 3.99. The summed E-state index contributed by atoms with van der Waals surface area (Å²) in [6.45, 7) is 4.17. The standard InChI is InChI=1S/C11H15ClO/c1-3-9(8-12)7-11-6-5-10(4-2)13-11/h5-7H,3-4,8H2,1-2H3. The second-order valence-corrected chi connectivity index (χ2v) is 3.21. The van der Waals surface area contributed by atoms with Crippen molar-refractivity contribution in [1.82, 2.24) is 0 Å². The minimum atomic E-state index is 0.582. The van der Waals surface area contributed by atoms with Crippen LogP contribution in [0.15, 0.2) is 22.1 Å². The number of alkyl halides is 1. The van der Waals surface area contributed by atoms with Crippen LogP contribution in [0.3, 0.4) is 0 Å². The summed E-state index contributed by atoms with van der Waals surface area (Å²) in [5, 5.41) is 0. The molecule has 0 radical (unpaired) electrons. The molecule has 1 aromatic heterocycles. The van der Waals surface area contributed by atoms with Gasteiger partial charge in [-0.05, 0) is 24.6 Å². The van der Waals surface area contributed by atoms with Crippen LogP contribution in [0.4, 0.5) is 0 Å². The van der Waals surface area contributed by atoms with Gasteiger partial charge in [0.15, 0.2) is 0 Å². The van der Waals surface area contributed by atoms with Crippen LogP contribution in [0.25, 0.3) is 6.08 Å². The van der Waals surface area contributed by atoms with E-state index >= 15 is 0 Å². The lowest BCUT2D eigenvalue weighted by atomic mass is 10.2. The molecular weight excluding hydrogens is 184 g/mol. The first-order valence-electron chi connectivity index (χ1n) is 4.64. The van der Waals surface area contributed by atoms with Gasteiger partial charge in [-0.1, -0.05) is 19.4 Å². The molecule has 2 heteroatoms. The van der Waals surface area contributed by atoms with Gasteiger partial charge in [-0.15, -0.1) is 11.6 Å². The molecule has 0 saturated heterocycles. The molecule has 0 aliphatic rings. The SMILES string of the molecule is CCC(=Cc1ccc(CC)o1)CCl. The highest BCUT2D eigenvalue weighted by Gasteiger charge is 1.98. The van der Waals surface area contributed by atoms with Gasteiger partial charge in [-0.25, -0.2) is 0 Å². The average molecular weight is 199 g/mol. The fourth-order valence-corrected chi connectivity index (χ4v) is 1.36. The molecule has 1 aromatic rings. The number of aryl methyl sites for hydroxylation is 1. The van der Waals surface area contributed by atoms with Gasteiger partial charge in [0.25, 0.3) is 0 Å². The first kappa shape index (κ1) is 10.4. The first-order chi connectivity index (χ1) is 6.30. The normalized spacial score (nSPS) is 12.1. The van der Waals surface area contributed by atoms with Gasteiger partial charge in [0.05, 0.1) is 0 Å². The Morgan fingerprint density at radius 2 is 2.23 bits per heavy atom. The van der Waals surface area contributed by atoms with E-state index in [1.54, 1.807) is 0 Å².